The van der Waals surface area contributed by atoms with Gasteiger partial charge in [0.1, 0.15) is 6.61 Å². The normalized spacial score (nSPS) is 11.9. The molecular weight excluding hydrogens is 372 g/mol. The van der Waals surface area contributed by atoms with Gasteiger partial charge in [-0.3, -0.25) is 4.98 Å². The lowest BCUT2D eigenvalue weighted by Gasteiger charge is -2.18. The molecule has 0 unspecified atom stereocenters. The van der Waals surface area contributed by atoms with Gasteiger partial charge in [-0.1, -0.05) is 54.6 Å². The molecule has 4 rings (SSSR count). The molecule has 1 heterocycles. The van der Waals surface area contributed by atoms with Crippen LogP contribution >= 0.6 is 0 Å². The van der Waals surface area contributed by atoms with Crippen LogP contribution in [0.1, 0.15) is 29.7 Å². The molecule has 0 aliphatic rings. The van der Waals surface area contributed by atoms with E-state index in [4.69, 9.17) is 9.47 Å². The van der Waals surface area contributed by atoms with Crippen molar-refractivity contribution in [2.45, 2.75) is 26.1 Å². The average Bonchev–Trinajstić information content (AvgIpc) is 2.81. The molecule has 1 N–H and O–H groups in total. The number of hydrogen-bond acceptors (Lipinski definition) is 4. The van der Waals surface area contributed by atoms with Crippen LogP contribution in [-0.4, -0.2) is 12.1 Å². The molecular formula is C26H26N2O2. The quantitative estimate of drug-likeness (QED) is 0.415. The van der Waals surface area contributed by atoms with Crippen molar-refractivity contribution in [1.29, 1.82) is 0 Å². The first-order valence-electron chi connectivity index (χ1n) is 10.1. The molecule has 0 radical (unpaired) electrons. The first kappa shape index (κ1) is 19.9. The maximum absolute atomic E-state index is 6.01. The molecule has 152 valence electrons. The Hall–Kier alpha value is -3.37. The predicted molar refractivity (Wildman–Crippen MR) is 121 cm³/mol. The van der Waals surface area contributed by atoms with Crippen LogP contribution in [0, 0.1) is 0 Å². The summed E-state index contributed by atoms with van der Waals surface area (Å²) < 4.78 is 11.5. The summed E-state index contributed by atoms with van der Waals surface area (Å²) in [5.41, 5.74) is 3.46. The molecule has 4 heteroatoms. The number of methoxy groups -OCH3 is 1. The Bertz CT molecular complexity index is 1110. The minimum Gasteiger partial charge on any atom is -0.493 e. The number of fused-ring (bicyclic) bond motifs is 1. The van der Waals surface area contributed by atoms with Gasteiger partial charge in [-0.2, -0.15) is 0 Å². The van der Waals surface area contributed by atoms with E-state index in [0.29, 0.717) is 6.61 Å². The van der Waals surface area contributed by atoms with E-state index in [1.807, 2.05) is 30.5 Å². The number of pyridine rings is 1. The van der Waals surface area contributed by atoms with Crippen LogP contribution < -0.4 is 14.8 Å². The number of rotatable bonds is 8. The largest absolute Gasteiger partial charge is 0.493 e. The van der Waals surface area contributed by atoms with Crippen LogP contribution in [-0.2, 0) is 13.2 Å². The van der Waals surface area contributed by atoms with Crippen LogP contribution in [0.15, 0.2) is 85.2 Å². The smallest absolute Gasteiger partial charge is 0.161 e. The van der Waals surface area contributed by atoms with Crippen LogP contribution in [0.2, 0.25) is 0 Å². The monoisotopic (exact) mass is 398 g/mol. The molecule has 1 aromatic heterocycles. The number of nitrogens with zero attached hydrogens (tertiary/aromatic N) is 1. The molecule has 0 amide bonds. The van der Waals surface area contributed by atoms with Crippen molar-refractivity contribution >= 4 is 10.8 Å². The second-order valence-electron chi connectivity index (χ2n) is 7.31. The average molecular weight is 399 g/mol. The fourth-order valence-electron chi connectivity index (χ4n) is 3.60. The lowest BCUT2D eigenvalue weighted by atomic mass is 9.99. The summed E-state index contributed by atoms with van der Waals surface area (Å²) in [5.74, 6) is 1.46. The maximum atomic E-state index is 6.01. The van der Waals surface area contributed by atoms with Gasteiger partial charge < -0.3 is 14.8 Å². The van der Waals surface area contributed by atoms with Gasteiger partial charge in [0.25, 0.3) is 0 Å². The summed E-state index contributed by atoms with van der Waals surface area (Å²) in [7, 11) is 1.66. The molecule has 0 fully saturated rings. The molecule has 0 aliphatic carbocycles. The lowest BCUT2D eigenvalue weighted by Crippen LogP contribution is -2.18. The number of benzene rings is 3. The number of hydrogen-bond donors (Lipinski definition) is 1. The summed E-state index contributed by atoms with van der Waals surface area (Å²) in [6.45, 7) is 3.39. The molecule has 4 nitrogen and oxygen atoms in total. The highest BCUT2D eigenvalue weighted by molar-refractivity contribution is 5.86. The van der Waals surface area contributed by atoms with E-state index >= 15 is 0 Å². The van der Waals surface area contributed by atoms with Crippen molar-refractivity contribution in [2.75, 3.05) is 7.11 Å². The van der Waals surface area contributed by atoms with Gasteiger partial charge in [-0.15, -0.1) is 0 Å². The third-order valence-electron chi connectivity index (χ3n) is 5.25. The summed E-state index contributed by atoms with van der Waals surface area (Å²) in [6, 6.07) is 25.2. The Morgan fingerprint density at radius 1 is 0.900 bits per heavy atom. The van der Waals surface area contributed by atoms with Crippen molar-refractivity contribution in [2.24, 2.45) is 0 Å². The highest BCUT2D eigenvalue weighted by Crippen LogP contribution is 2.29. The predicted octanol–water partition coefficient (Wildman–Crippen LogP) is 5.67. The van der Waals surface area contributed by atoms with E-state index in [0.717, 1.165) is 29.2 Å². The van der Waals surface area contributed by atoms with E-state index in [-0.39, 0.29) is 6.04 Å². The van der Waals surface area contributed by atoms with E-state index in [2.05, 4.69) is 65.8 Å². The Morgan fingerprint density at radius 3 is 2.60 bits per heavy atom. The summed E-state index contributed by atoms with van der Waals surface area (Å²) >= 11 is 0. The molecule has 0 saturated carbocycles. The third kappa shape index (κ3) is 4.61. The van der Waals surface area contributed by atoms with Crippen LogP contribution in [0.4, 0.5) is 0 Å². The number of nitrogens with one attached hydrogen (secondary N) is 1. The molecule has 1 atom stereocenters. The fraction of sp³-hybridized carbons (Fsp3) is 0.192. The van der Waals surface area contributed by atoms with Crippen molar-refractivity contribution in [1.82, 2.24) is 10.3 Å². The minimum atomic E-state index is 0.220. The SMILES string of the molecule is COc1ccc(CN[C@H](C)c2cccc3ccccc23)cc1OCc1cccnc1. The number of ether oxygens (including phenoxy) is 2. The highest BCUT2D eigenvalue weighted by Gasteiger charge is 2.11. The van der Waals surface area contributed by atoms with Crippen LogP contribution in [0.3, 0.4) is 0 Å². The standard InChI is InChI=1S/C26H26N2O2/c1-19(23-11-5-9-22-8-3-4-10-24(22)23)28-17-20-12-13-25(29-2)26(15-20)30-18-21-7-6-14-27-16-21/h3-16,19,28H,17-18H2,1-2H3/t19-/m1/s1. The number of aromatic nitrogens is 1. The molecule has 0 spiro atoms. The summed E-state index contributed by atoms with van der Waals surface area (Å²) in [6.07, 6.45) is 3.57. The van der Waals surface area contributed by atoms with Crippen molar-refractivity contribution < 1.29 is 9.47 Å². The van der Waals surface area contributed by atoms with E-state index < -0.39 is 0 Å². The van der Waals surface area contributed by atoms with Crippen molar-refractivity contribution in [3.63, 3.8) is 0 Å². The molecule has 0 bridgehead atoms. The Morgan fingerprint density at radius 2 is 1.77 bits per heavy atom. The van der Waals surface area contributed by atoms with E-state index in [1.54, 1.807) is 13.3 Å². The lowest BCUT2D eigenvalue weighted by molar-refractivity contribution is 0.283. The van der Waals surface area contributed by atoms with Gasteiger partial charge >= 0.3 is 0 Å². The first-order chi connectivity index (χ1) is 14.7. The molecule has 4 aromatic rings. The molecule has 30 heavy (non-hydrogen) atoms. The summed E-state index contributed by atoms with van der Waals surface area (Å²) in [4.78, 5) is 4.14. The van der Waals surface area contributed by atoms with Crippen LogP contribution in [0.5, 0.6) is 11.5 Å². The Balaban J connectivity index is 1.46. The highest BCUT2D eigenvalue weighted by atomic mass is 16.5. The Kier molecular flexibility index (Phi) is 6.26. The van der Waals surface area contributed by atoms with Gasteiger partial charge in [0.2, 0.25) is 0 Å². The van der Waals surface area contributed by atoms with E-state index in [1.165, 1.54) is 16.3 Å². The topological polar surface area (TPSA) is 43.4 Å². The minimum absolute atomic E-state index is 0.220. The molecule has 3 aromatic carbocycles. The zero-order valence-electron chi connectivity index (χ0n) is 17.3. The van der Waals surface area contributed by atoms with Crippen LogP contribution in [0.25, 0.3) is 10.8 Å². The van der Waals surface area contributed by atoms with Crippen molar-refractivity contribution in [3.8, 4) is 11.5 Å². The van der Waals surface area contributed by atoms with Crippen molar-refractivity contribution in [3.05, 3.63) is 102 Å². The van der Waals surface area contributed by atoms with Gasteiger partial charge in [0.15, 0.2) is 11.5 Å². The van der Waals surface area contributed by atoms with E-state index in [9.17, 15) is 0 Å². The zero-order chi connectivity index (χ0) is 20.8. The zero-order valence-corrected chi connectivity index (χ0v) is 17.3. The van der Waals surface area contributed by atoms with Gasteiger partial charge in [-0.05, 0) is 47.0 Å². The van der Waals surface area contributed by atoms with Gasteiger partial charge in [-0.25, -0.2) is 0 Å². The molecule has 0 aliphatic heterocycles. The Labute approximate surface area is 177 Å². The third-order valence-corrected chi connectivity index (χ3v) is 5.25. The second-order valence-corrected chi connectivity index (χ2v) is 7.31. The second kappa shape index (κ2) is 9.42. The molecule has 0 saturated heterocycles. The summed E-state index contributed by atoms with van der Waals surface area (Å²) in [5, 5.41) is 6.19. The fourth-order valence-corrected chi connectivity index (χ4v) is 3.60. The van der Waals surface area contributed by atoms with Gasteiger partial charge in [0, 0.05) is 30.5 Å². The maximum Gasteiger partial charge on any atom is 0.161 e. The van der Waals surface area contributed by atoms with Gasteiger partial charge in [0.05, 0.1) is 7.11 Å². The first-order valence-corrected chi connectivity index (χ1v) is 10.1.